The predicted octanol–water partition coefficient (Wildman–Crippen LogP) is 2.13. The molecule has 1 aliphatic heterocycles. The summed E-state index contributed by atoms with van der Waals surface area (Å²) in [5.41, 5.74) is 0. The smallest absolute Gasteiger partial charge is 0.308 e. The van der Waals surface area contributed by atoms with E-state index >= 15 is 0 Å². The van der Waals surface area contributed by atoms with Gasteiger partial charge in [-0.15, -0.1) is 0 Å². The van der Waals surface area contributed by atoms with Crippen LogP contribution in [0.25, 0.3) is 0 Å². The average molecular weight is 241 g/mol. The summed E-state index contributed by atoms with van der Waals surface area (Å²) in [5, 5.41) is 9.03. The fourth-order valence-electron chi connectivity index (χ4n) is 2.50. The van der Waals surface area contributed by atoms with Crippen LogP contribution in [-0.2, 0) is 9.59 Å². The lowest BCUT2D eigenvalue weighted by molar-refractivity contribution is -0.143. The summed E-state index contributed by atoms with van der Waals surface area (Å²) in [6.45, 7) is 6.48. The monoisotopic (exact) mass is 241 g/mol. The first-order valence-electron chi connectivity index (χ1n) is 6.52. The van der Waals surface area contributed by atoms with E-state index in [2.05, 4.69) is 6.92 Å². The summed E-state index contributed by atoms with van der Waals surface area (Å²) in [6, 6.07) is -0.163. The maximum absolute atomic E-state index is 12.2. The third kappa shape index (κ3) is 3.20. The van der Waals surface area contributed by atoms with Gasteiger partial charge in [0.2, 0.25) is 5.91 Å². The maximum atomic E-state index is 12.2. The van der Waals surface area contributed by atoms with Gasteiger partial charge in [0, 0.05) is 18.5 Å². The molecule has 0 aliphatic carbocycles. The van der Waals surface area contributed by atoms with E-state index in [9.17, 15) is 9.59 Å². The van der Waals surface area contributed by atoms with Crippen LogP contribution in [0.4, 0.5) is 0 Å². The highest BCUT2D eigenvalue weighted by Gasteiger charge is 2.38. The summed E-state index contributed by atoms with van der Waals surface area (Å²) in [4.78, 5) is 24.9. The number of amides is 1. The van der Waals surface area contributed by atoms with Gasteiger partial charge in [0.1, 0.15) is 0 Å². The van der Waals surface area contributed by atoms with E-state index in [1.165, 1.54) is 0 Å². The Labute approximate surface area is 103 Å². The lowest BCUT2D eigenvalue weighted by Crippen LogP contribution is -2.40. The van der Waals surface area contributed by atoms with Gasteiger partial charge in [0.05, 0.1) is 5.92 Å². The molecule has 0 aromatic rings. The summed E-state index contributed by atoms with van der Waals surface area (Å²) in [7, 11) is 0. The number of unbranched alkanes of at least 4 members (excludes halogenated alkanes) is 1. The number of aliphatic carboxylic acids is 1. The van der Waals surface area contributed by atoms with Crippen molar-refractivity contribution in [1.82, 2.24) is 4.90 Å². The minimum atomic E-state index is -0.783. The molecule has 0 spiro atoms. The molecule has 1 saturated heterocycles. The number of carbonyl (C=O) groups excluding carboxylic acids is 1. The zero-order valence-corrected chi connectivity index (χ0v) is 11.0. The quantitative estimate of drug-likeness (QED) is 0.802. The minimum Gasteiger partial charge on any atom is -0.481 e. The molecule has 4 nitrogen and oxygen atoms in total. The topological polar surface area (TPSA) is 57.6 Å². The van der Waals surface area contributed by atoms with Crippen LogP contribution in [0, 0.1) is 11.8 Å². The van der Waals surface area contributed by atoms with Crippen molar-refractivity contribution in [2.45, 2.75) is 52.5 Å². The van der Waals surface area contributed by atoms with Gasteiger partial charge in [-0.2, -0.15) is 0 Å². The van der Waals surface area contributed by atoms with Crippen LogP contribution in [0.1, 0.15) is 46.5 Å². The Kier molecular flexibility index (Phi) is 4.97. The molecule has 3 unspecified atom stereocenters. The minimum absolute atomic E-state index is 0.0185. The Bertz CT molecular complexity index is 290. The van der Waals surface area contributed by atoms with Crippen LogP contribution in [-0.4, -0.2) is 34.5 Å². The maximum Gasteiger partial charge on any atom is 0.308 e. The van der Waals surface area contributed by atoms with Crippen LogP contribution < -0.4 is 0 Å². The molecule has 98 valence electrons. The molecule has 0 aromatic carbocycles. The van der Waals surface area contributed by atoms with Gasteiger partial charge in [-0.3, -0.25) is 9.59 Å². The van der Waals surface area contributed by atoms with Crippen LogP contribution in [0.5, 0.6) is 0 Å². The van der Waals surface area contributed by atoms with Crippen molar-refractivity contribution < 1.29 is 14.7 Å². The van der Waals surface area contributed by atoms with Crippen molar-refractivity contribution in [2.75, 3.05) is 6.54 Å². The second kappa shape index (κ2) is 6.03. The third-order valence-electron chi connectivity index (χ3n) is 3.77. The molecule has 1 rings (SSSR count). The molecule has 1 heterocycles. The molecule has 1 amide bonds. The Hall–Kier alpha value is -1.06. The van der Waals surface area contributed by atoms with E-state index in [0.717, 1.165) is 19.3 Å². The van der Waals surface area contributed by atoms with Gasteiger partial charge in [-0.05, 0) is 19.8 Å². The largest absolute Gasteiger partial charge is 0.481 e. The molecule has 0 aromatic heterocycles. The van der Waals surface area contributed by atoms with Crippen LogP contribution in [0.15, 0.2) is 0 Å². The fourth-order valence-corrected chi connectivity index (χ4v) is 2.50. The number of hydrogen-bond acceptors (Lipinski definition) is 2. The second-order valence-electron chi connectivity index (χ2n) is 5.05. The molecule has 1 N–H and O–H groups in total. The Morgan fingerprint density at radius 1 is 1.47 bits per heavy atom. The van der Waals surface area contributed by atoms with Crippen molar-refractivity contribution in [2.24, 2.45) is 11.8 Å². The van der Waals surface area contributed by atoms with Gasteiger partial charge in [0.15, 0.2) is 0 Å². The Morgan fingerprint density at radius 2 is 2.12 bits per heavy atom. The van der Waals surface area contributed by atoms with Gasteiger partial charge < -0.3 is 10.0 Å². The number of carboxylic acid groups (broad SMARTS) is 1. The van der Waals surface area contributed by atoms with Crippen molar-refractivity contribution in [3.63, 3.8) is 0 Å². The first-order chi connectivity index (χ1) is 7.99. The SMILES string of the molecule is CCCCC(C)C(=O)N1CCC(C(=O)O)C1C. The van der Waals surface area contributed by atoms with Crippen LogP contribution in [0.2, 0.25) is 0 Å². The number of carbonyl (C=O) groups is 2. The van der Waals surface area contributed by atoms with Crippen molar-refractivity contribution >= 4 is 11.9 Å². The lowest BCUT2D eigenvalue weighted by atomic mass is 10.0. The third-order valence-corrected chi connectivity index (χ3v) is 3.77. The predicted molar refractivity (Wildman–Crippen MR) is 65.6 cm³/mol. The highest BCUT2D eigenvalue weighted by molar-refractivity contribution is 5.81. The lowest BCUT2D eigenvalue weighted by Gasteiger charge is -2.26. The molecule has 1 aliphatic rings. The van der Waals surface area contributed by atoms with E-state index in [1.54, 1.807) is 4.90 Å². The van der Waals surface area contributed by atoms with Gasteiger partial charge in [-0.1, -0.05) is 26.7 Å². The van der Waals surface area contributed by atoms with Gasteiger partial charge in [0.25, 0.3) is 0 Å². The van der Waals surface area contributed by atoms with E-state index in [-0.39, 0.29) is 17.9 Å². The standard InChI is InChI=1S/C13H23NO3/c1-4-5-6-9(2)12(15)14-8-7-11(10(14)3)13(16)17/h9-11H,4-8H2,1-3H3,(H,16,17). The molecular weight excluding hydrogens is 218 g/mol. The van der Waals surface area contributed by atoms with Crippen LogP contribution in [0.3, 0.4) is 0 Å². The zero-order chi connectivity index (χ0) is 13.0. The molecule has 0 radical (unpaired) electrons. The summed E-state index contributed by atoms with van der Waals surface area (Å²) in [6.07, 6.45) is 3.63. The van der Waals surface area contributed by atoms with Crippen molar-refractivity contribution in [3.8, 4) is 0 Å². The average Bonchev–Trinajstić information content (AvgIpc) is 2.67. The summed E-state index contributed by atoms with van der Waals surface area (Å²) in [5.74, 6) is -1.04. The Balaban J connectivity index is 2.56. The normalized spacial score (nSPS) is 25.9. The van der Waals surface area contributed by atoms with E-state index in [1.807, 2.05) is 13.8 Å². The van der Waals surface area contributed by atoms with Crippen molar-refractivity contribution in [3.05, 3.63) is 0 Å². The molecular formula is C13H23NO3. The molecule has 0 saturated carbocycles. The molecule has 1 fully saturated rings. The molecule has 0 bridgehead atoms. The van der Waals surface area contributed by atoms with Crippen LogP contribution >= 0.6 is 0 Å². The summed E-state index contributed by atoms with van der Waals surface area (Å²) < 4.78 is 0. The summed E-state index contributed by atoms with van der Waals surface area (Å²) >= 11 is 0. The number of nitrogens with zero attached hydrogens (tertiary/aromatic N) is 1. The molecule has 4 heteroatoms. The second-order valence-corrected chi connectivity index (χ2v) is 5.05. The number of carboxylic acids is 1. The van der Waals surface area contributed by atoms with E-state index in [4.69, 9.17) is 5.11 Å². The molecule has 3 atom stereocenters. The Morgan fingerprint density at radius 3 is 2.59 bits per heavy atom. The van der Waals surface area contributed by atoms with E-state index < -0.39 is 11.9 Å². The first kappa shape index (κ1) is 14.0. The highest BCUT2D eigenvalue weighted by atomic mass is 16.4. The number of likely N-dealkylation sites (tertiary alicyclic amines) is 1. The van der Waals surface area contributed by atoms with Crippen molar-refractivity contribution in [1.29, 1.82) is 0 Å². The fraction of sp³-hybridized carbons (Fsp3) is 0.846. The van der Waals surface area contributed by atoms with Gasteiger partial charge in [-0.25, -0.2) is 0 Å². The van der Waals surface area contributed by atoms with Gasteiger partial charge >= 0.3 is 5.97 Å². The van der Waals surface area contributed by atoms with E-state index in [0.29, 0.717) is 13.0 Å². The number of rotatable bonds is 5. The number of hydrogen-bond donors (Lipinski definition) is 1. The molecule has 17 heavy (non-hydrogen) atoms. The zero-order valence-electron chi connectivity index (χ0n) is 11.0. The first-order valence-corrected chi connectivity index (χ1v) is 6.52. The highest BCUT2D eigenvalue weighted by Crippen LogP contribution is 2.26.